The van der Waals surface area contributed by atoms with Gasteiger partial charge in [0.15, 0.2) is 0 Å². The molecule has 0 aliphatic heterocycles. The molecule has 0 saturated carbocycles. The average molecular weight is 181 g/mol. The Morgan fingerprint density at radius 1 is 1.69 bits per heavy atom. The van der Waals surface area contributed by atoms with Gasteiger partial charge in [-0.15, -0.1) is 0 Å². The molecule has 1 aromatic rings. The number of hydrogen-bond donors (Lipinski definition) is 3. The second-order valence-electron chi connectivity index (χ2n) is 2.88. The highest BCUT2D eigenvalue weighted by Gasteiger charge is 2.02. The first-order valence-electron chi connectivity index (χ1n) is 4.36. The first kappa shape index (κ1) is 9.80. The van der Waals surface area contributed by atoms with E-state index in [9.17, 15) is 5.11 Å². The number of nitrogens with two attached hydrogens (primary N) is 1. The van der Waals surface area contributed by atoms with Crippen LogP contribution in [0.15, 0.2) is 18.3 Å². The zero-order chi connectivity index (χ0) is 9.68. The Morgan fingerprint density at radius 3 is 3.08 bits per heavy atom. The summed E-state index contributed by atoms with van der Waals surface area (Å²) in [5, 5.41) is 12.3. The Labute approximate surface area is 77.8 Å². The molecule has 0 fully saturated rings. The quantitative estimate of drug-likeness (QED) is 0.644. The molecule has 0 aromatic carbocycles. The zero-order valence-electron chi connectivity index (χ0n) is 7.70. The summed E-state index contributed by atoms with van der Waals surface area (Å²) in [7, 11) is 0. The van der Waals surface area contributed by atoms with Crippen molar-refractivity contribution in [1.29, 1.82) is 0 Å². The molecule has 4 N–H and O–H groups in total. The molecule has 1 unspecified atom stereocenters. The first-order chi connectivity index (χ1) is 6.24. The fraction of sp³-hybridized carbons (Fsp3) is 0.444. The molecular weight excluding hydrogens is 166 g/mol. The largest absolute Gasteiger partial charge is 0.391 e. The van der Waals surface area contributed by atoms with Gasteiger partial charge in [0.1, 0.15) is 5.82 Å². The van der Waals surface area contributed by atoms with Crippen LogP contribution in [-0.4, -0.2) is 22.7 Å². The van der Waals surface area contributed by atoms with Crippen LogP contribution < -0.4 is 11.1 Å². The number of anilines is 2. The van der Waals surface area contributed by atoms with Gasteiger partial charge in [0, 0.05) is 12.7 Å². The van der Waals surface area contributed by atoms with Crippen LogP contribution in [0.25, 0.3) is 0 Å². The number of aromatic nitrogens is 1. The van der Waals surface area contributed by atoms with Gasteiger partial charge in [0.05, 0.1) is 11.8 Å². The maximum absolute atomic E-state index is 9.29. The molecule has 0 aliphatic rings. The highest BCUT2D eigenvalue weighted by Crippen LogP contribution is 2.13. The van der Waals surface area contributed by atoms with Gasteiger partial charge < -0.3 is 16.2 Å². The Morgan fingerprint density at radius 2 is 2.46 bits per heavy atom. The van der Waals surface area contributed by atoms with Crippen LogP contribution in [0.5, 0.6) is 0 Å². The van der Waals surface area contributed by atoms with E-state index in [1.54, 1.807) is 12.3 Å². The van der Waals surface area contributed by atoms with Crippen molar-refractivity contribution < 1.29 is 5.11 Å². The molecule has 0 bridgehead atoms. The second kappa shape index (κ2) is 4.67. The van der Waals surface area contributed by atoms with Gasteiger partial charge in [-0.3, -0.25) is 0 Å². The lowest BCUT2D eigenvalue weighted by molar-refractivity contribution is 0.183. The average Bonchev–Trinajstić information content (AvgIpc) is 2.16. The SMILES string of the molecule is CCC(O)CNc1cccnc1N. The number of nitrogens with zero attached hydrogens (tertiary/aromatic N) is 1. The Bertz CT molecular complexity index is 265. The molecule has 0 saturated heterocycles. The molecule has 1 aromatic heterocycles. The summed E-state index contributed by atoms with van der Waals surface area (Å²) in [5.74, 6) is 0.464. The number of nitrogen functional groups attached to an aromatic ring is 1. The van der Waals surface area contributed by atoms with Crippen LogP contribution in [0.2, 0.25) is 0 Å². The minimum Gasteiger partial charge on any atom is -0.391 e. The van der Waals surface area contributed by atoms with Crippen LogP contribution in [0.4, 0.5) is 11.5 Å². The van der Waals surface area contributed by atoms with Gasteiger partial charge in [0.25, 0.3) is 0 Å². The van der Waals surface area contributed by atoms with Crippen LogP contribution in [0.1, 0.15) is 13.3 Å². The third-order valence-corrected chi connectivity index (χ3v) is 1.84. The lowest BCUT2D eigenvalue weighted by atomic mass is 10.2. The summed E-state index contributed by atoms with van der Waals surface area (Å²) in [6, 6.07) is 3.64. The molecule has 1 rings (SSSR count). The summed E-state index contributed by atoms with van der Waals surface area (Å²) in [5.41, 5.74) is 6.37. The van der Waals surface area contributed by atoms with Crippen LogP contribution in [0.3, 0.4) is 0 Å². The van der Waals surface area contributed by atoms with E-state index < -0.39 is 0 Å². The smallest absolute Gasteiger partial charge is 0.146 e. The summed E-state index contributed by atoms with van der Waals surface area (Å²) >= 11 is 0. The standard InChI is InChI=1S/C9H15N3O/c1-2-7(13)6-12-8-4-3-5-11-9(8)10/h3-5,7,12-13H,2,6H2,1H3,(H2,10,11). The summed E-state index contributed by atoms with van der Waals surface area (Å²) < 4.78 is 0. The van der Waals surface area contributed by atoms with Crippen molar-refractivity contribution in [1.82, 2.24) is 4.98 Å². The highest BCUT2D eigenvalue weighted by molar-refractivity contribution is 5.60. The number of aliphatic hydroxyl groups excluding tert-OH is 1. The van der Waals surface area contributed by atoms with E-state index in [1.807, 2.05) is 13.0 Å². The van der Waals surface area contributed by atoms with Gasteiger partial charge >= 0.3 is 0 Å². The third-order valence-electron chi connectivity index (χ3n) is 1.84. The molecule has 4 heteroatoms. The molecule has 4 nitrogen and oxygen atoms in total. The van der Waals surface area contributed by atoms with Crippen LogP contribution in [0, 0.1) is 0 Å². The van der Waals surface area contributed by atoms with Gasteiger partial charge in [-0.25, -0.2) is 4.98 Å². The number of aliphatic hydroxyl groups is 1. The number of hydrogen-bond acceptors (Lipinski definition) is 4. The Hall–Kier alpha value is -1.29. The maximum Gasteiger partial charge on any atom is 0.146 e. The monoisotopic (exact) mass is 181 g/mol. The normalized spacial score (nSPS) is 12.5. The third kappa shape index (κ3) is 2.91. The van der Waals surface area contributed by atoms with Crippen LogP contribution >= 0.6 is 0 Å². The summed E-state index contributed by atoms with van der Waals surface area (Å²) in [4.78, 5) is 3.92. The first-order valence-corrected chi connectivity index (χ1v) is 4.36. The fourth-order valence-electron chi connectivity index (χ4n) is 0.939. The van der Waals surface area contributed by atoms with Crippen molar-refractivity contribution >= 4 is 11.5 Å². The molecule has 0 aliphatic carbocycles. The molecule has 13 heavy (non-hydrogen) atoms. The molecule has 0 spiro atoms. The molecule has 0 radical (unpaired) electrons. The van der Waals surface area contributed by atoms with E-state index >= 15 is 0 Å². The van der Waals surface area contributed by atoms with E-state index in [0.29, 0.717) is 12.4 Å². The second-order valence-corrected chi connectivity index (χ2v) is 2.88. The fourth-order valence-corrected chi connectivity index (χ4v) is 0.939. The van der Waals surface area contributed by atoms with Crippen molar-refractivity contribution in [3.05, 3.63) is 18.3 Å². The Kier molecular flexibility index (Phi) is 3.52. The van der Waals surface area contributed by atoms with Gasteiger partial charge in [-0.2, -0.15) is 0 Å². The van der Waals surface area contributed by atoms with E-state index in [-0.39, 0.29) is 6.10 Å². The summed E-state index contributed by atoms with van der Waals surface area (Å²) in [6.07, 6.45) is 2.03. The minimum absolute atomic E-state index is 0.334. The molecule has 1 atom stereocenters. The van der Waals surface area contributed by atoms with Crippen molar-refractivity contribution in [3.8, 4) is 0 Å². The lowest BCUT2D eigenvalue weighted by Crippen LogP contribution is -2.18. The number of nitrogens with one attached hydrogen (secondary N) is 1. The molecule has 1 heterocycles. The zero-order valence-corrected chi connectivity index (χ0v) is 7.70. The van der Waals surface area contributed by atoms with Gasteiger partial charge in [0.2, 0.25) is 0 Å². The van der Waals surface area contributed by atoms with E-state index in [0.717, 1.165) is 12.1 Å². The van der Waals surface area contributed by atoms with Crippen molar-refractivity contribution in [2.75, 3.05) is 17.6 Å². The predicted molar refractivity (Wildman–Crippen MR) is 53.4 cm³/mol. The van der Waals surface area contributed by atoms with Crippen LogP contribution in [-0.2, 0) is 0 Å². The van der Waals surface area contributed by atoms with E-state index in [1.165, 1.54) is 0 Å². The van der Waals surface area contributed by atoms with Crippen molar-refractivity contribution in [2.45, 2.75) is 19.4 Å². The number of pyridine rings is 1. The van der Waals surface area contributed by atoms with Crippen molar-refractivity contribution in [2.24, 2.45) is 0 Å². The van der Waals surface area contributed by atoms with Gasteiger partial charge in [-0.1, -0.05) is 6.92 Å². The topological polar surface area (TPSA) is 71.2 Å². The number of rotatable bonds is 4. The summed E-state index contributed by atoms with van der Waals surface area (Å²) in [6.45, 7) is 2.44. The Balaban J connectivity index is 2.50. The van der Waals surface area contributed by atoms with E-state index in [4.69, 9.17) is 5.73 Å². The molecular formula is C9H15N3O. The predicted octanol–water partition coefficient (Wildman–Crippen LogP) is 0.847. The minimum atomic E-state index is -0.334. The maximum atomic E-state index is 9.29. The van der Waals surface area contributed by atoms with Crippen molar-refractivity contribution in [3.63, 3.8) is 0 Å². The highest BCUT2D eigenvalue weighted by atomic mass is 16.3. The molecule has 0 amide bonds. The van der Waals surface area contributed by atoms with Gasteiger partial charge in [-0.05, 0) is 18.6 Å². The van der Waals surface area contributed by atoms with E-state index in [2.05, 4.69) is 10.3 Å². The molecule has 72 valence electrons. The lowest BCUT2D eigenvalue weighted by Gasteiger charge is -2.11.